The summed E-state index contributed by atoms with van der Waals surface area (Å²) in [6.45, 7) is 6.17. The van der Waals surface area contributed by atoms with E-state index in [0.29, 0.717) is 22.1 Å². The van der Waals surface area contributed by atoms with Gasteiger partial charge in [-0.1, -0.05) is 32.9 Å². The van der Waals surface area contributed by atoms with E-state index in [1.165, 1.54) is 0 Å². The van der Waals surface area contributed by atoms with Crippen molar-refractivity contribution in [2.45, 2.75) is 32.8 Å². The van der Waals surface area contributed by atoms with Crippen LogP contribution >= 0.6 is 15.9 Å². The lowest BCUT2D eigenvalue weighted by atomic mass is 9.96. The summed E-state index contributed by atoms with van der Waals surface area (Å²) in [7, 11) is 0. The fourth-order valence-corrected chi connectivity index (χ4v) is 1.93. The fraction of sp³-hybridized carbons (Fsp3) is 0.333. The molecular weight excluding hydrogens is 320 g/mol. The van der Waals surface area contributed by atoms with E-state index in [2.05, 4.69) is 46.7 Å². The number of nitrogens with zero attached hydrogens (tertiary/aromatic N) is 2. The van der Waals surface area contributed by atoms with Gasteiger partial charge in [-0.05, 0) is 33.6 Å². The van der Waals surface area contributed by atoms with Crippen LogP contribution in [0.15, 0.2) is 34.9 Å². The van der Waals surface area contributed by atoms with Gasteiger partial charge in [0.2, 0.25) is 5.88 Å². The highest BCUT2D eigenvalue weighted by atomic mass is 79.9. The molecule has 1 N–H and O–H groups in total. The Balaban J connectivity index is 2.26. The first-order valence-corrected chi connectivity index (χ1v) is 7.10. The first-order chi connectivity index (χ1) is 9.38. The van der Waals surface area contributed by atoms with Crippen LogP contribution in [0.4, 0.5) is 0 Å². The first kappa shape index (κ1) is 14.9. The lowest BCUT2D eigenvalue weighted by Crippen LogP contribution is -2.16. The maximum atomic E-state index is 9.01. The molecule has 2 rings (SSSR count). The van der Waals surface area contributed by atoms with E-state index in [0.717, 1.165) is 5.56 Å². The van der Waals surface area contributed by atoms with Gasteiger partial charge in [0, 0.05) is 11.5 Å². The second-order valence-corrected chi connectivity index (χ2v) is 6.32. The highest BCUT2D eigenvalue weighted by molar-refractivity contribution is 9.10. The van der Waals surface area contributed by atoms with Crippen molar-refractivity contribution < 1.29 is 9.84 Å². The number of benzene rings is 1. The van der Waals surface area contributed by atoms with Crippen LogP contribution in [0.25, 0.3) is 0 Å². The molecule has 1 aromatic heterocycles. The average Bonchev–Trinajstić information content (AvgIpc) is 2.38. The summed E-state index contributed by atoms with van der Waals surface area (Å²) in [6.07, 6.45) is 0. The zero-order valence-corrected chi connectivity index (χ0v) is 13.3. The molecule has 0 aliphatic carbocycles. The Hall–Kier alpha value is -1.46. The van der Waals surface area contributed by atoms with Crippen LogP contribution in [0.1, 0.15) is 32.2 Å². The van der Waals surface area contributed by atoms with Crippen molar-refractivity contribution >= 4 is 15.9 Å². The van der Waals surface area contributed by atoms with Crippen LogP contribution in [0, 0.1) is 0 Å². The molecular formula is C15H17BrN2O2. The zero-order valence-electron chi connectivity index (χ0n) is 11.7. The number of hydrogen-bond acceptors (Lipinski definition) is 4. The molecule has 0 radical (unpaired) electrons. The number of aromatic nitrogens is 2. The summed E-state index contributed by atoms with van der Waals surface area (Å²) >= 11 is 3.38. The third kappa shape index (κ3) is 3.77. The topological polar surface area (TPSA) is 55.2 Å². The molecule has 0 spiro atoms. The number of rotatable bonds is 3. The van der Waals surface area contributed by atoms with E-state index in [-0.39, 0.29) is 12.0 Å². The molecule has 0 saturated heterocycles. The predicted octanol–water partition coefficient (Wildman–Crippen LogP) is 3.82. The molecule has 0 aliphatic rings. The van der Waals surface area contributed by atoms with E-state index < -0.39 is 0 Å². The highest BCUT2D eigenvalue weighted by Gasteiger charge is 2.19. The Bertz CT molecular complexity index is 592. The molecule has 0 fully saturated rings. The Morgan fingerprint density at radius 1 is 1.15 bits per heavy atom. The standard InChI is InChI=1S/C15H17BrN2O2/c1-15(2,3)14-17-12(16)8-13(18-14)20-11-6-4-10(9-19)5-7-11/h4-8,19H,9H2,1-3H3. The van der Waals surface area contributed by atoms with Crippen molar-refractivity contribution in [2.24, 2.45) is 0 Å². The molecule has 0 atom stereocenters. The zero-order chi connectivity index (χ0) is 14.8. The molecule has 0 aliphatic heterocycles. The lowest BCUT2D eigenvalue weighted by molar-refractivity contribution is 0.281. The third-order valence-corrected chi connectivity index (χ3v) is 3.08. The van der Waals surface area contributed by atoms with Gasteiger partial charge < -0.3 is 9.84 Å². The van der Waals surface area contributed by atoms with Crippen LogP contribution < -0.4 is 4.74 Å². The van der Waals surface area contributed by atoms with E-state index in [1.54, 1.807) is 18.2 Å². The molecule has 1 heterocycles. The second kappa shape index (κ2) is 5.89. The molecule has 4 nitrogen and oxygen atoms in total. The number of hydrogen-bond donors (Lipinski definition) is 1. The molecule has 106 valence electrons. The SMILES string of the molecule is CC(C)(C)c1nc(Br)cc(Oc2ccc(CO)cc2)n1. The normalized spacial score (nSPS) is 11.4. The van der Waals surface area contributed by atoms with Gasteiger partial charge in [-0.2, -0.15) is 4.98 Å². The van der Waals surface area contributed by atoms with Gasteiger partial charge in [-0.15, -0.1) is 0 Å². The van der Waals surface area contributed by atoms with Crippen LogP contribution in [0.3, 0.4) is 0 Å². The summed E-state index contributed by atoms with van der Waals surface area (Å²) in [4.78, 5) is 8.80. The van der Waals surface area contributed by atoms with Crippen molar-refractivity contribution in [3.8, 4) is 11.6 Å². The average molecular weight is 337 g/mol. The Labute approximate surface area is 127 Å². The van der Waals surface area contributed by atoms with Gasteiger partial charge in [0.15, 0.2) is 0 Å². The van der Waals surface area contributed by atoms with Crippen molar-refractivity contribution in [2.75, 3.05) is 0 Å². The Kier molecular flexibility index (Phi) is 4.40. The Morgan fingerprint density at radius 2 is 1.80 bits per heavy atom. The van der Waals surface area contributed by atoms with E-state index >= 15 is 0 Å². The van der Waals surface area contributed by atoms with Gasteiger partial charge in [-0.25, -0.2) is 4.98 Å². The van der Waals surface area contributed by atoms with Crippen LogP contribution in [-0.4, -0.2) is 15.1 Å². The van der Waals surface area contributed by atoms with E-state index in [1.807, 2.05) is 12.1 Å². The summed E-state index contributed by atoms with van der Waals surface area (Å²) in [6, 6.07) is 8.97. The molecule has 0 bridgehead atoms. The lowest BCUT2D eigenvalue weighted by Gasteiger charge is -2.17. The fourth-order valence-electron chi connectivity index (χ4n) is 1.57. The molecule has 1 aromatic carbocycles. The maximum absolute atomic E-state index is 9.01. The minimum absolute atomic E-state index is 0.0213. The highest BCUT2D eigenvalue weighted by Crippen LogP contribution is 2.26. The molecule has 0 amide bonds. The number of ether oxygens (including phenoxy) is 1. The number of aliphatic hydroxyl groups is 1. The van der Waals surface area contributed by atoms with Crippen molar-refractivity contribution in [3.63, 3.8) is 0 Å². The van der Waals surface area contributed by atoms with Gasteiger partial charge >= 0.3 is 0 Å². The van der Waals surface area contributed by atoms with Gasteiger partial charge in [0.05, 0.1) is 6.61 Å². The molecule has 2 aromatic rings. The maximum Gasteiger partial charge on any atom is 0.223 e. The smallest absolute Gasteiger partial charge is 0.223 e. The minimum atomic E-state index is -0.150. The largest absolute Gasteiger partial charge is 0.439 e. The van der Waals surface area contributed by atoms with Crippen molar-refractivity contribution in [3.05, 3.63) is 46.3 Å². The first-order valence-electron chi connectivity index (χ1n) is 6.31. The molecule has 5 heteroatoms. The summed E-state index contributed by atoms with van der Waals surface area (Å²) in [5, 5.41) is 9.01. The van der Waals surface area contributed by atoms with Crippen molar-refractivity contribution in [1.29, 1.82) is 0 Å². The predicted molar refractivity (Wildman–Crippen MR) is 80.9 cm³/mol. The van der Waals surface area contributed by atoms with Gasteiger partial charge in [0.25, 0.3) is 0 Å². The Morgan fingerprint density at radius 3 is 2.35 bits per heavy atom. The summed E-state index contributed by atoms with van der Waals surface area (Å²) in [5.74, 6) is 1.88. The van der Waals surface area contributed by atoms with Crippen molar-refractivity contribution in [1.82, 2.24) is 9.97 Å². The number of aliphatic hydroxyl groups excluding tert-OH is 1. The van der Waals surface area contributed by atoms with Gasteiger partial charge in [0.1, 0.15) is 16.2 Å². The summed E-state index contributed by atoms with van der Waals surface area (Å²) < 4.78 is 6.43. The number of halogens is 1. The van der Waals surface area contributed by atoms with Crippen LogP contribution in [-0.2, 0) is 12.0 Å². The monoisotopic (exact) mass is 336 g/mol. The second-order valence-electron chi connectivity index (χ2n) is 5.51. The van der Waals surface area contributed by atoms with E-state index in [9.17, 15) is 0 Å². The quantitative estimate of drug-likeness (QED) is 0.865. The molecule has 20 heavy (non-hydrogen) atoms. The van der Waals surface area contributed by atoms with Crippen LogP contribution in [0.5, 0.6) is 11.6 Å². The van der Waals surface area contributed by atoms with Crippen LogP contribution in [0.2, 0.25) is 0 Å². The van der Waals surface area contributed by atoms with Gasteiger partial charge in [-0.3, -0.25) is 0 Å². The summed E-state index contributed by atoms with van der Waals surface area (Å²) in [5.41, 5.74) is 0.694. The van der Waals surface area contributed by atoms with E-state index in [4.69, 9.17) is 9.84 Å². The third-order valence-electron chi connectivity index (χ3n) is 2.67. The minimum Gasteiger partial charge on any atom is -0.439 e. The molecule has 0 unspecified atom stereocenters. The molecule has 0 saturated carbocycles.